The number of aromatic nitrogens is 2. The Morgan fingerprint density at radius 2 is 2.29 bits per heavy atom. The van der Waals surface area contributed by atoms with Crippen LogP contribution in [0.25, 0.3) is 0 Å². The SMILES string of the molecule is O=C(NCCCN1CCNCC1)c1ccn[nH]1. The van der Waals surface area contributed by atoms with Gasteiger partial charge in [0.25, 0.3) is 5.91 Å². The van der Waals surface area contributed by atoms with Crippen molar-refractivity contribution in [3.8, 4) is 0 Å². The van der Waals surface area contributed by atoms with Gasteiger partial charge < -0.3 is 15.5 Å². The minimum atomic E-state index is -0.0807. The highest BCUT2D eigenvalue weighted by atomic mass is 16.1. The van der Waals surface area contributed by atoms with Crippen molar-refractivity contribution in [2.45, 2.75) is 6.42 Å². The van der Waals surface area contributed by atoms with Gasteiger partial charge in [-0.25, -0.2) is 0 Å². The quantitative estimate of drug-likeness (QED) is 0.600. The Labute approximate surface area is 101 Å². The number of nitrogens with zero attached hydrogens (tertiary/aromatic N) is 2. The Bertz CT molecular complexity index is 332. The number of carbonyl (C=O) groups is 1. The summed E-state index contributed by atoms with van der Waals surface area (Å²) in [5.74, 6) is -0.0807. The zero-order valence-corrected chi connectivity index (χ0v) is 9.91. The van der Waals surface area contributed by atoms with Gasteiger partial charge in [-0.3, -0.25) is 9.89 Å². The maximum absolute atomic E-state index is 11.6. The molecule has 1 aromatic rings. The van der Waals surface area contributed by atoms with Crippen LogP contribution in [0.15, 0.2) is 12.3 Å². The number of amides is 1. The van der Waals surface area contributed by atoms with Crippen LogP contribution in [-0.4, -0.2) is 60.3 Å². The zero-order chi connectivity index (χ0) is 11.9. The lowest BCUT2D eigenvalue weighted by molar-refractivity contribution is 0.0946. The fourth-order valence-electron chi connectivity index (χ4n) is 1.92. The van der Waals surface area contributed by atoms with Crippen LogP contribution in [0.4, 0.5) is 0 Å². The fourth-order valence-corrected chi connectivity index (χ4v) is 1.92. The first kappa shape index (κ1) is 12.1. The number of carbonyl (C=O) groups excluding carboxylic acids is 1. The smallest absolute Gasteiger partial charge is 0.269 e. The van der Waals surface area contributed by atoms with Gasteiger partial charge in [0.05, 0.1) is 0 Å². The lowest BCUT2D eigenvalue weighted by atomic mass is 10.3. The predicted octanol–water partition coefficient (Wildman–Crippen LogP) is -0.565. The first-order chi connectivity index (χ1) is 8.36. The average Bonchev–Trinajstić information content (AvgIpc) is 2.89. The van der Waals surface area contributed by atoms with Crippen molar-refractivity contribution in [2.24, 2.45) is 0 Å². The molecule has 0 saturated carbocycles. The standard InChI is InChI=1S/C11H19N5O/c17-11(10-2-4-14-15-10)13-3-1-7-16-8-5-12-6-9-16/h2,4,12H,1,3,5-9H2,(H,13,17)(H,14,15). The van der Waals surface area contributed by atoms with E-state index in [-0.39, 0.29) is 5.91 Å². The molecule has 0 atom stereocenters. The molecule has 1 aliphatic rings. The third kappa shape index (κ3) is 3.83. The van der Waals surface area contributed by atoms with E-state index in [1.54, 1.807) is 12.3 Å². The number of hydrogen-bond donors (Lipinski definition) is 3. The number of nitrogens with one attached hydrogen (secondary N) is 3. The normalized spacial score (nSPS) is 16.9. The molecule has 0 aliphatic carbocycles. The van der Waals surface area contributed by atoms with E-state index in [0.29, 0.717) is 12.2 Å². The molecule has 0 spiro atoms. The van der Waals surface area contributed by atoms with E-state index in [9.17, 15) is 4.79 Å². The summed E-state index contributed by atoms with van der Waals surface area (Å²) in [6, 6.07) is 1.67. The van der Waals surface area contributed by atoms with Gasteiger partial charge in [-0.05, 0) is 19.0 Å². The molecule has 2 rings (SSSR count). The Hall–Kier alpha value is -1.40. The Morgan fingerprint density at radius 1 is 1.47 bits per heavy atom. The van der Waals surface area contributed by atoms with E-state index in [1.807, 2.05) is 0 Å². The number of H-pyrrole nitrogens is 1. The van der Waals surface area contributed by atoms with E-state index in [1.165, 1.54) is 0 Å². The van der Waals surface area contributed by atoms with Crippen LogP contribution in [0.1, 0.15) is 16.9 Å². The van der Waals surface area contributed by atoms with Crippen LogP contribution in [0.5, 0.6) is 0 Å². The summed E-state index contributed by atoms with van der Waals surface area (Å²) in [6.07, 6.45) is 2.57. The van der Waals surface area contributed by atoms with E-state index in [0.717, 1.165) is 39.1 Å². The molecule has 1 fully saturated rings. The van der Waals surface area contributed by atoms with Crippen LogP contribution in [0.2, 0.25) is 0 Å². The molecular formula is C11H19N5O. The van der Waals surface area contributed by atoms with Crippen LogP contribution in [0, 0.1) is 0 Å². The van der Waals surface area contributed by atoms with Crippen LogP contribution < -0.4 is 10.6 Å². The molecule has 1 aromatic heterocycles. The van der Waals surface area contributed by atoms with E-state index < -0.39 is 0 Å². The van der Waals surface area contributed by atoms with Gasteiger partial charge in [0, 0.05) is 38.9 Å². The summed E-state index contributed by atoms with van der Waals surface area (Å²) < 4.78 is 0. The molecular weight excluding hydrogens is 218 g/mol. The van der Waals surface area contributed by atoms with Gasteiger partial charge in [0.1, 0.15) is 5.69 Å². The second-order valence-corrected chi connectivity index (χ2v) is 4.17. The molecule has 1 amide bonds. The van der Waals surface area contributed by atoms with E-state index in [2.05, 4.69) is 25.7 Å². The van der Waals surface area contributed by atoms with E-state index in [4.69, 9.17) is 0 Å². The van der Waals surface area contributed by atoms with Crippen molar-refractivity contribution in [3.05, 3.63) is 18.0 Å². The molecule has 94 valence electrons. The minimum absolute atomic E-state index is 0.0807. The molecule has 3 N–H and O–H groups in total. The second kappa shape index (κ2) is 6.36. The number of hydrogen-bond acceptors (Lipinski definition) is 4. The van der Waals surface area contributed by atoms with Gasteiger partial charge in [-0.2, -0.15) is 5.10 Å². The molecule has 6 heteroatoms. The number of piperazine rings is 1. The van der Waals surface area contributed by atoms with Crippen molar-refractivity contribution < 1.29 is 4.79 Å². The molecule has 0 bridgehead atoms. The highest BCUT2D eigenvalue weighted by Gasteiger charge is 2.09. The third-order valence-electron chi connectivity index (χ3n) is 2.89. The summed E-state index contributed by atoms with van der Waals surface area (Å²) in [4.78, 5) is 14.0. The first-order valence-corrected chi connectivity index (χ1v) is 6.07. The van der Waals surface area contributed by atoms with Gasteiger partial charge in [0.15, 0.2) is 0 Å². The fraction of sp³-hybridized carbons (Fsp3) is 0.636. The van der Waals surface area contributed by atoms with Crippen molar-refractivity contribution in [3.63, 3.8) is 0 Å². The Balaban J connectivity index is 1.58. The molecule has 17 heavy (non-hydrogen) atoms. The summed E-state index contributed by atoms with van der Waals surface area (Å²) in [7, 11) is 0. The monoisotopic (exact) mass is 237 g/mol. The van der Waals surface area contributed by atoms with Crippen LogP contribution in [-0.2, 0) is 0 Å². The zero-order valence-electron chi connectivity index (χ0n) is 9.91. The third-order valence-corrected chi connectivity index (χ3v) is 2.89. The predicted molar refractivity (Wildman–Crippen MR) is 64.8 cm³/mol. The van der Waals surface area contributed by atoms with Crippen molar-refractivity contribution >= 4 is 5.91 Å². The summed E-state index contributed by atoms with van der Waals surface area (Å²) in [5, 5.41) is 12.6. The lowest BCUT2D eigenvalue weighted by Crippen LogP contribution is -2.44. The topological polar surface area (TPSA) is 73.1 Å². The summed E-state index contributed by atoms with van der Waals surface area (Å²) in [5.41, 5.74) is 0.521. The lowest BCUT2D eigenvalue weighted by Gasteiger charge is -2.26. The maximum Gasteiger partial charge on any atom is 0.269 e. The molecule has 0 radical (unpaired) electrons. The minimum Gasteiger partial charge on any atom is -0.351 e. The Morgan fingerprint density at radius 3 is 3.00 bits per heavy atom. The number of rotatable bonds is 5. The molecule has 2 heterocycles. The molecule has 6 nitrogen and oxygen atoms in total. The van der Waals surface area contributed by atoms with Crippen molar-refractivity contribution in [1.82, 2.24) is 25.7 Å². The van der Waals surface area contributed by atoms with Gasteiger partial charge >= 0.3 is 0 Å². The van der Waals surface area contributed by atoms with Gasteiger partial charge in [-0.15, -0.1) is 0 Å². The molecule has 0 unspecified atom stereocenters. The highest BCUT2D eigenvalue weighted by molar-refractivity contribution is 5.91. The largest absolute Gasteiger partial charge is 0.351 e. The maximum atomic E-state index is 11.6. The summed E-state index contributed by atoms with van der Waals surface area (Å²) >= 11 is 0. The number of aromatic amines is 1. The van der Waals surface area contributed by atoms with Gasteiger partial charge in [-0.1, -0.05) is 0 Å². The summed E-state index contributed by atoms with van der Waals surface area (Å²) in [6.45, 7) is 6.11. The van der Waals surface area contributed by atoms with E-state index >= 15 is 0 Å². The highest BCUT2D eigenvalue weighted by Crippen LogP contribution is 1.94. The van der Waals surface area contributed by atoms with Crippen LogP contribution >= 0.6 is 0 Å². The first-order valence-electron chi connectivity index (χ1n) is 6.07. The Kier molecular flexibility index (Phi) is 4.52. The van der Waals surface area contributed by atoms with Crippen molar-refractivity contribution in [2.75, 3.05) is 39.3 Å². The average molecular weight is 237 g/mol. The molecule has 0 aromatic carbocycles. The second-order valence-electron chi connectivity index (χ2n) is 4.17. The van der Waals surface area contributed by atoms with Crippen molar-refractivity contribution in [1.29, 1.82) is 0 Å². The van der Waals surface area contributed by atoms with Gasteiger partial charge in [0.2, 0.25) is 0 Å². The molecule has 1 saturated heterocycles. The molecule has 1 aliphatic heterocycles. The van der Waals surface area contributed by atoms with Crippen LogP contribution in [0.3, 0.4) is 0 Å².